The Hall–Kier alpha value is -4.05. The maximum absolute atomic E-state index is 14.0. The molecule has 242 valence electrons. The number of piperidine rings is 1. The van der Waals surface area contributed by atoms with Gasteiger partial charge in [-0.25, -0.2) is 8.78 Å². The molecular weight excluding hydrogens is 616 g/mol. The first-order chi connectivity index (χ1) is 22.1. The van der Waals surface area contributed by atoms with Gasteiger partial charge in [0.25, 0.3) is 5.92 Å². The van der Waals surface area contributed by atoms with Gasteiger partial charge in [-0.1, -0.05) is 42.4 Å². The molecule has 0 spiro atoms. The molecule has 1 N–H and O–H groups in total. The van der Waals surface area contributed by atoms with Crippen molar-refractivity contribution >= 4 is 39.8 Å². The fourth-order valence-corrected chi connectivity index (χ4v) is 7.03. The van der Waals surface area contributed by atoms with Crippen LogP contribution in [0.4, 0.5) is 20.3 Å². The van der Waals surface area contributed by atoms with Crippen LogP contribution in [0.15, 0.2) is 49.1 Å². The molecule has 0 bridgehead atoms. The molecule has 46 heavy (non-hydrogen) atoms. The number of rotatable bonds is 8. The zero-order chi connectivity index (χ0) is 32.5. The molecule has 0 aliphatic carbocycles. The Morgan fingerprint density at radius 1 is 1.13 bits per heavy atom. The quantitative estimate of drug-likeness (QED) is 0.355. The van der Waals surface area contributed by atoms with Gasteiger partial charge in [0.2, 0.25) is 5.91 Å². The third kappa shape index (κ3) is 6.45. The number of carbonyl (C=O) groups is 1. The number of carbonyl (C=O) groups excluding carboxylic acids is 1. The van der Waals surface area contributed by atoms with Gasteiger partial charge in [0, 0.05) is 49.2 Å². The molecule has 10 nitrogen and oxygen atoms in total. The van der Waals surface area contributed by atoms with E-state index in [4.69, 9.17) is 26.3 Å². The molecule has 1 aromatic heterocycles. The lowest BCUT2D eigenvalue weighted by Crippen LogP contribution is -2.64. The summed E-state index contributed by atoms with van der Waals surface area (Å²) < 4.78 is 34.0. The summed E-state index contributed by atoms with van der Waals surface area (Å²) in [7, 11) is 0. The number of amides is 1. The second kappa shape index (κ2) is 13.0. The predicted molar refractivity (Wildman–Crippen MR) is 171 cm³/mol. The Morgan fingerprint density at radius 3 is 2.70 bits per heavy atom. The van der Waals surface area contributed by atoms with E-state index < -0.39 is 17.6 Å². The normalized spacial score (nSPS) is 21.5. The maximum atomic E-state index is 14.0. The number of aromatic nitrogens is 2. The first kappa shape index (κ1) is 31.9. The van der Waals surface area contributed by atoms with E-state index in [9.17, 15) is 23.9 Å². The molecule has 0 unspecified atom stereocenters. The lowest BCUT2D eigenvalue weighted by molar-refractivity contribution is -0.155. The summed E-state index contributed by atoms with van der Waals surface area (Å²) in [5.41, 5.74) is 0.834. The van der Waals surface area contributed by atoms with Gasteiger partial charge in [0.05, 0.1) is 42.8 Å². The number of piperazine rings is 1. The van der Waals surface area contributed by atoms with E-state index >= 15 is 0 Å². The van der Waals surface area contributed by atoms with E-state index in [1.807, 2.05) is 47.4 Å². The Bertz CT molecular complexity index is 1680. The van der Waals surface area contributed by atoms with E-state index in [-0.39, 0.29) is 45.1 Å². The van der Waals surface area contributed by atoms with Crippen molar-refractivity contribution < 1.29 is 23.4 Å². The number of hydrogen-bond acceptors (Lipinski definition) is 9. The van der Waals surface area contributed by atoms with Gasteiger partial charge in [0.15, 0.2) is 5.72 Å². The molecular formula is C33H36ClF2N7O3. The van der Waals surface area contributed by atoms with Crippen molar-refractivity contribution in [3.63, 3.8) is 0 Å². The molecule has 6 rings (SSSR count). The van der Waals surface area contributed by atoms with E-state index in [0.29, 0.717) is 56.4 Å². The average Bonchev–Trinajstić information content (AvgIpc) is 3.03. The van der Waals surface area contributed by atoms with E-state index in [2.05, 4.69) is 11.5 Å². The van der Waals surface area contributed by atoms with Crippen LogP contribution in [0.1, 0.15) is 30.5 Å². The number of halogens is 3. The number of aliphatic hydroxyl groups is 1. The highest BCUT2D eigenvalue weighted by Crippen LogP contribution is 2.38. The number of alkyl halides is 2. The van der Waals surface area contributed by atoms with Gasteiger partial charge >= 0.3 is 6.01 Å². The number of ether oxygens (including phenoxy) is 1. The highest BCUT2D eigenvalue weighted by atomic mass is 35.5. The number of nitrogens with zero attached hydrogens (tertiary/aromatic N) is 7. The van der Waals surface area contributed by atoms with E-state index in [1.165, 1.54) is 4.90 Å². The summed E-state index contributed by atoms with van der Waals surface area (Å²) in [6.07, 6.45) is 1.73. The minimum Gasteiger partial charge on any atom is -0.462 e. The van der Waals surface area contributed by atoms with Crippen molar-refractivity contribution in [2.75, 3.05) is 62.2 Å². The SMILES string of the molecule is C=CC(=O)N1CCN(c2nc(OCCN3CCCC(F)(F)C3)nc3c2CCN(c2cccc4cccc(Cl)c24)C3)C[C@@]1(O)CC#N. The monoisotopic (exact) mass is 651 g/mol. The molecule has 2 aromatic carbocycles. The molecule has 3 aromatic rings. The zero-order valence-corrected chi connectivity index (χ0v) is 26.2. The van der Waals surface area contributed by atoms with Crippen molar-refractivity contribution in [2.24, 2.45) is 0 Å². The second-order valence-electron chi connectivity index (χ2n) is 12.1. The molecule has 0 radical (unpaired) electrons. The molecule has 2 saturated heterocycles. The molecule has 3 aliphatic rings. The van der Waals surface area contributed by atoms with Crippen molar-refractivity contribution in [3.8, 4) is 12.1 Å². The van der Waals surface area contributed by atoms with Crippen molar-refractivity contribution in [3.05, 3.63) is 65.3 Å². The smallest absolute Gasteiger partial charge is 0.318 e. The van der Waals surface area contributed by atoms with Crippen LogP contribution in [0.2, 0.25) is 5.02 Å². The van der Waals surface area contributed by atoms with Gasteiger partial charge in [-0.2, -0.15) is 15.2 Å². The highest BCUT2D eigenvalue weighted by molar-refractivity contribution is 6.36. The standard InChI is InChI=1S/C33H36ClF2N7O3/c1-2-28(44)43-17-16-42(22-33(43,45)12-13-37)30-24-10-15-41(27-9-4-7-23-6-3-8-25(34)29(23)27)20-26(24)38-31(39-30)46-19-18-40-14-5-11-32(35,36)21-40/h2-4,6-9,45H,1,5,10-12,14-22H2/t33-/m0/s1. The molecule has 4 heterocycles. The first-order valence-electron chi connectivity index (χ1n) is 15.4. The van der Waals surface area contributed by atoms with Crippen LogP contribution in [0.5, 0.6) is 6.01 Å². The van der Waals surface area contributed by atoms with Crippen LogP contribution in [-0.2, 0) is 17.8 Å². The van der Waals surface area contributed by atoms with Crippen LogP contribution >= 0.6 is 11.6 Å². The van der Waals surface area contributed by atoms with Gasteiger partial charge in [-0.15, -0.1) is 0 Å². The average molecular weight is 652 g/mol. The Labute approximate surface area is 271 Å². The molecule has 13 heteroatoms. The minimum atomic E-state index is -2.71. The second-order valence-corrected chi connectivity index (χ2v) is 12.5. The maximum Gasteiger partial charge on any atom is 0.318 e. The Balaban J connectivity index is 1.32. The van der Waals surface area contributed by atoms with Crippen LogP contribution in [0.3, 0.4) is 0 Å². The zero-order valence-electron chi connectivity index (χ0n) is 25.5. The lowest BCUT2D eigenvalue weighted by atomic mass is 10.00. The van der Waals surface area contributed by atoms with Crippen molar-refractivity contribution in [1.82, 2.24) is 19.8 Å². The number of likely N-dealkylation sites (tertiary alicyclic amines) is 1. The number of anilines is 2. The molecule has 2 fully saturated rings. The largest absolute Gasteiger partial charge is 0.462 e. The summed E-state index contributed by atoms with van der Waals surface area (Å²) in [6, 6.07) is 14.0. The Morgan fingerprint density at radius 2 is 1.93 bits per heavy atom. The summed E-state index contributed by atoms with van der Waals surface area (Å²) in [5, 5.41) is 23.7. The van der Waals surface area contributed by atoms with Crippen LogP contribution in [-0.4, -0.2) is 94.8 Å². The fraction of sp³-hybridized carbons (Fsp3) is 0.455. The summed E-state index contributed by atoms with van der Waals surface area (Å²) in [4.78, 5) is 29.2. The van der Waals surface area contributed by atoms with E-state index in [0.717, 1.165) is 33.8 Å². The fourth-order valence-electron chi connectivity index (χ4n) is 6.75. The van der Waals surface area contributed by atoms with Gasteiger partial charge in [0.1, 0.15) is 12.4 Å². The van der Waals surface area contributed by atoms with Gasteiger partial charge in [-0.05, 0) is 43.0 Å². The third-order valence-corrected chi connectivity index (χ3v) is 9.26. The van der Waals surface area contributed by atoms with Crippen LogP contribution < -0.4 is 14.5 Å². The minimum absolute atomic E-state index is 0.0471. The predicted octanol–water partition coefficient (Wildman–Crippen LogP) is 4.39. The molecule has 1 atom stereocenters. The van der Waals surface area contributed by atoms with Gasteiger partial charge < -0.3 is 24.5 Å². The van der Waals surface area contributed by atoms with Gasteiger partial charge in [-0.3, -0.25) is 9.69 Å². The number of hydrogen-bond donors (Lipinski definition) is 1. The van der Waals surface area contributed by atoms with E-state index in [1.54, 1.807) is 4.90 Å². The number of β-amino-alcohol motifs (C(OH)–C–C–N with tert-alkyl or cyclic N) is 1. The topological polar surface area (TPSA) is 109 Å². The highest BCUT2D eigenvalue weighted by Gasteiger charge is 2.43. The van der Waals surface area contributed by atoms with Crippen molar-refractivity contribution in [2.45, 2.75) is 43.9 Å². The number of benzene rings is 2. The lowest BCUT2D eigenvalue weighted by Gasteiger charge is -2.47. The number of fused-ring (bicyclic) bond motifs is 2. The molecule has 3 aliphatic heterocycles. The van der Waals surface area contributed by atoms with Crippen LogP contribution in [0.25, 0.3) is 10.8 Å². The summed E-state index contributed by atoms with van der Waals surface area (Å²) >= 11 is 6.66. The van der Waals surface area contributed by atoms with Crippen molar-refractivity contribution in [1.29, 1.82) is 5.26 Å². The summed E-state index contributed by atoms with van der Waals surface area (Å²) in [5.74, 6) is -2.61. The van der Waals surface area contributed by atoms with Crippen LogP contribution in [0, 0.1) is 11.3 Å². The third-order valence-electron chi connectivity index (χ3n) is 8.95. The first-order valence-corrected chi connectivity index (χ1v) is 15.8. The number of nitriles is 1. The Kier molecular flexibility index (Phi) is 9.01. The molecule has 0 saturated carbocycles. The summed E-state index contributed by atoms with van der Waals surface area (Å²) in [6.45, 7) is 5.77. The molecule has 1 amide bonds.